The molecule has 1 heterocycles. The summed E-state index contributed by atoms with van der Waals surface area (Å²) in [7, 11) is 3.82. The molecule has 0 spiro atoms. The number of nitrogens with zero attached hydrogens (tertiary/aromatic N) is 1. The van der Waals surface area contributed by atoms with Gasteiger partial charge in [-0.2, -0.15) is 0 Å². The fraction of sp³-hybridized carbons (Fsp3) is 0.429. The molecule has 108 valence electrons. The highest BCUT2D eigenvalue weighted by Crippen LogP contribution is 2.33. The lowest BCUT2D eigenvalue weighted by Gasteiger charge is -2.33. The number of fused-ring (bicyclic) bond motifs is 1. The van der Waals surface area contributed by atoms with Crippen LogP contribution in [0.15, 0.2) is 24.3 Å². The van der Waals surface area contributed by atoms with Gasteiger partial charge in [-0.1, -0.05) is 12.1 Å². The molecule has 1 atom stereocenters. The smallest absolute Gasteiger partial charge is 0.278 e. The van der Waals surface area contributed by atoms with Crippen molar-refractivity contribution in [3.05, 3.63) is 24.3 Å². The normalized spacial score (nSPS) is 20.9. The van der Waals surface area contributed by atoms with Gasteiger partial charge in [-0.25, -0.2) is 0 Å². The number of ether oxygens (including phenoxy) is 1. The van der Waals surface area contributed by atoms with Crippen molar-refractivity contribution in [3.63, 3.8) is 0 Å². The quantitative estimate of drug-likeness (QED) is 0.784. The molecule has 2 N–H and O–H groups in total. The Morgan fingerprint density at radius 2 is 2.10 bits per heavy atom. The molecule has 1 aliphatic rings. The number of rotatable bonds is 4. The molecule has 0 bridgehead atoms. The van der Waals surface area contributed by atoms with Crippen LogP contribution in [0.1, 0.15) is 6.92 Å². The second-order valence-corrected chi connectivity index (χ2v) is 5.14. The molecule has 1 aromatic rings. The van der Waals surface area contributed by atoms with E-state index in [4.69, 9.17) is 4.74 Å². The lowest BCUT2D eigenvalue weighted by atomic mass is 10.0. The number of amides is 2. The Balaban J connectivity index is 2.10. The van der Waals surface area contributed by atoms with Crippen molar-refractivity contribution in [3.8, 4) is 5.75 Å². The minimum atomic E-state index is -1.54. The molecule has 6 heteroatoms. The molecule has 1 aliphatic heterocycles. The Morgan fingerprint density at radius 1 is 1.40 bits per heavy atom. The van der Waals surface area contributed by atoms with Crippen molar-refractivity contribution in [1.82, 2.24) is 10.2 Å². The minimum absolute atomic E-state index is 0.439. The number of hydrogen-bond acceptors (Lipinski definition) is 4. The predicted octanol–water partition coefficient (Wildman–Crippen LogP) is 0.454. The summed E-state index contributed by atoms with van der Waals surface area (Å²) in [4.78, 5) is 26.3. The van der Waals surface area contributed by atoms with Crippen molar-refractivity contribution < 1.29 is 14.3 Å². The third-order valence-corrected chi connectivity index (χ3v) is 3.16. The molecule has 0 aliphatic carbocycles. The average Bonchev–Trinajstić information content (AvgIpc) is 2.39. The van der Waals surface area contributed by atoms with Crippen molar-refractivity contribution in [2.75, 3.05) is 32.5 Å². The number of hydrogen-bond donors (Lipinski definition) is 2. The van der Waals surface area contributed by atoms with E-state index in [-0.39, 0.29) is 0 Å². The van der Waals surface area contributed by atoms with Gasteiger partial charge in [-0.05, 0) is 33.2 Å². The van der Waals surface area contributed by atoms with E-state index >= 15 is 0 Å². The molecule has 0 radical (unpaired) electrons. The van der Waals surface area contributed by atoms with Crippen LogP contribution in [0.2, 0.25) is 0 Å². The summed E-state index contributed by atoms with van der Waals surface area (Å²) >= 11 is 0. The third kappa shape index (κ3) is 2.75. The zero-order valence-corrected chi connectivity index (χ0v) is 11.9. The summed E-state index contributed by atoms with van der Waals surface area (Å²) in [5.74, 6) is -0.401. The zero-order chi connectivity index (χ0) is 14.8. The standard InChI is InChI=1S/C14H19N3O3/c1-14(12(18)15-8-9-17(2)3)13(19)16-10-6-4-5-7-11(10)20-14/h4-7H,8-9H2,1-3H3,(H,15,18)(H,16,19). The summed E-state index contributed by atoms with van der Waals surface area (Å²) in [5, 5.41) is 5.41. The summed E-state index contributed by atoms with van der Waals surface area (Å²) in [6.45, 7) is 2.63. The van der Waals surface area contributed by atoms with E-state index in [2.05, 4.69) is 10.6 Å². The van der Waals surface area contributed by atoms with Crippen LogP contribution in [0.25, 0.3) is 0 Å². The van der Waals surface area contributed by atoms with E-state index in [1.165, 1.54) is 6.92 Å². The lowest BCUT2D eigenvalue weighted by Crippen LogP contribution is -2.59. The zero-order valence-electron chi connectivity index (χ0n) is 11.9. The van der Waals surface area contributed by atoms with Crippen LogP contribution in [-0.4, -0.2) is 49.5 Å². The number of anilines is 1. The summed E-state index contributed by atoms with van der Waals surface area (Å²) in [6.07, 6.45) is 0. The van der Waals surface area contributed by atoms with E-state index < -0.39 is 17.4 Å². The van der Waals surface area contributed by atoms with Gasteiger partial charge in [0.2, 0.25) is 0 Å². The number of carbonyl (C=O) groups excluding carboxylic acids is 2. The highest BCUT2D eigenvalue weighted by molar-refractivity contribution is 6.15. The van der Waals surface area contributed by atoms with E-state index in [1.54, 1.807) is 24.3 Å². The monoisotopic (exact) mass is 277 g/mol. The summed E-state index contributed by atoms with van der Waals surface area (Å²) in [6, 6.07) is 7.04. The van der Waals surface area contributed by atoms with Crippen LogP contribution in [0, 0.1) is 0 Å². The van der Waals surface area contributed by atoms with Crippen molar-refractivity contribution in [1.29, 1.82) is 0 Å². The lowest BCUT2D eigenvalue weighted by molar-refractivity contribution is -0.146. The van der Waals surface area contributed by atoms with Gasteiger partial charge in [0.1, 0.15) is 5.75 Å². The van der Waals surface area contributed by atoms with Crippen molar-refractivity contribution >= 4 is 17.5 Å². The maximum atomic E-state index is 12.2. The molecule has 6 nitrogen and oxygen atoms in total. The van der Waals surface area contributed by atoms with Gasteiger partial charge < -0.3 is 20.3 Å². The van der Waals surface area contributed by atoms with Crippen LogP contribution >= 0.6 is 0 Å². The van der Waals surface area contributed by atoms with Gasteiger partial charge in [0.25, 0.3) is 17.4 Å². The molecule has 0 fully saturated rings. The first-order chi connectivity index (χ1) is 9.43. The van der Waals surface area contributed by atoms with Crippen LogP contribution < -0.4 is 15.4 Å². The molecular weight excluding hydrogens is 258 g/mol. The molecular formula is C14H19N3O3. The molecule has 2 rings (SSSR count). The summed E-state index contributed by atoms with van der Waals surface area (Å²) in [5.41, 5.74) is -0.961. The van der Waals surface area contributed by atoms with Gasteiger partial charge in [0, 0.05) is 13.1 Å². The van der Waals surface area contributed by atoms with E-state index in [1.807, 2.05) is 19.0 Å². The highest BCUT2D eigenvalue weighted by Gasteiger charge is 2.46. The second kappa shape index (κ2) is 5.50. The van der Waals surface area contributed by atoms with Crippen LogP contribution in [0.3, 0.4) is 0 Å². The Kier molecular flexibility index (Phi) is 3.94. The Bertz CT molecular complexity index is 530. The Hall–Kier alpha value is -2.08. The van der Waals surface area contributed by atoms with Crippen molar-refractivity contribution in [2.45, 2.75) is 12.5 Å². The molecule has 0 aromatic heterocycles. The van der Waals surface area contributed by atoms with Gasteiger partial charge in [0.05, 0.1) is 5.69 Å². The maximum absolute atomic E-state index is 12.2. The van der Waals surface area contributed by atoms with Gasteiger partial charge in [-0.15, -0.1) is 0 Å². The first kappa shape index (κ1) is 14.3. The summed E-state index contributed by atoms with van der Waals surface area (Å²) < 4.78 is 5.61. The molecule has 20 heavy (non-hydrogen) atoms. The molecule has 0 saturated heterocycles. The van der Waals surface area contributed by atoms with E-state index in [9.17, 15) is 9.59 Å². The number of carbonyl (C=O) groups is 2. The third-order valence-electron chi connectivity index (χ3n) is 3.16. The maximum Gasteiger partial charge on any atom is 0.278 e. The first-order valence-electron chi connectivity index (χ1n) is 6.46. The van der Waals surface area contributed by atoms with Gasteiger partial charge >= 0.3 is 0 Å². The number of nitrogens with one attached hydrogen (secondary N) is 2. The Labute approximate surface area is 118 Å². The minimum Gasteiger partial charge on any atom is -0.466 e. The van der Waals surface area contributed by atoms with E-state index in [0.29, 0.717) is 24.5 Å². The van der Waals surface area contributed by atoms with Gasteiger partial charge in [-0.3, -0.25) is 9.59 Å². The average molecular weight is 277 g/mol. The predicted molar refractivity (Wildman–Crippen MR) is 75.7 cm³/mol. The van der Waals surface area contributed by atoms with Crippen LogP contribution in [0.4, 0.5) is 5.69 Å². The molecule has 1 unspecified atom stereocenters. The largest absolute Gasteiger partial charge is 0.466 e. The topological polar surface area (TPSA) is 70.7 Å². The SMILES string of the molecule is CN(C)CCNC(=O)C1(C)Oc2ccccc2NC1=O. The van der Waals surface area contributed by atoms with E-state index in [0.717, 1.165) is 0 Å². The number of likely N-dealkylation sites (N-methyl/N-ethyl adjacent to an activating group) is 1. The number of para-hydroxylation sites is 2. The second-order valence-electron chi connectivity index (χ2n) is 5.14. The first-order valence-corrected chi connectivity index (χ1v) is 6.46. The fourth-order valence-corrected chi connectivity index (χ4v) is 1.88. The van der Waals surface area contributed by atoms with Gasteiger partial charge in [0.15, 0.2) is 0 Å². The number of benzene rings is 1. The fourth-order valence-electron chi connectivity index (χ4n) is 1.88. The molecule has 2 amide bonds. The molecule has 0 saturated carbocycles. The van der Waals surface area contributed by atoms with Crippen molar-refractivity contribution in [2.24, 2.45) is 0 Å². The Morgan fingerprint density at radius 3 is 2.80 bits per heavy atom. The highest BCUT2D eigenvalue weighted by atomic mass is 16.5. The molecule has 1 aromatic carbocycles. The van der Waals surface area contributed by atoms with Crippen LogP contribution in [0.5, 0.6) is 5.75 Å². The van der Waals surface area contributed by atoms with Crippen LogP contribution in [-0.2, 0) is 9.59 Å².